The van der Waals surface area contributed by atoms with E-state index in [-0.39, 0.29) is 41.9 Å². The summed E-state index contributed by atoms with van der Waals surface area (Å²) in [5, 5.41) is 3.73. The van der Waals surface area contributed by atoms with Crippen LogP contribution in [0.25, 0.3) is 22.2 Å². The van der Waals surface area contributed by atoms with E-state index in [1.54, 1.807) is 25.4 Å². The van der Waals surface area contributed by atoms with Gasteiger partial charge in [-0.1, -0.05) is 12.1 Å². The second kappa shape index (κ2) is 12.0. The van der Waals surface area contributed by atoms with Crippen LogP contribution in [-0.2, 0) is 32.5 Å². The van der Waals surface area contributed by atoms with Crippen molar-refractivity contribution in [1.82, 2.24) is 15.3 Å². The maximum absolute atomic E-state index is 13.0. The molecule has 0 bridgehead atoms. The lowest BCUT2D eigenvalue weighted by Gasteiger charge is -2.24. The Morgan fingerprint density at radius 3 is 2.90 bits per heavy atom. The summed E-state index contributed by atoms with van der Waals surface area (Å²) in [6.45, 7) is 3.42. The highest BCUT2D eigenvalue weighted by atomic mass is 32.2. The molecule has 2 aromatic carbocycles. The zero-order chi connectivity index (χ0) is 29.1. The number of nitrogens with zero attached hydrogens (tertiary/aromatic N) is 3. The quantitative estimate of drug-likeness (QED) is 0.344. The number of pyridine rings is 2. The second-order valence-electron chi connectivity index (χ2n) is 10.3. The maximum Gasteiger partial charge on any atom is 0.251 e. The van der Waals surface area contributed by atoms with Crippen LogP contribution in [0.15, 0.2) is 65.7 Å². The first-order valence-electron chi connectivity index (χ1n) is 13.9. The van der Waals surface area contributed by atoms with Gasteiger partial charge >= 0.3 is 0 Å². The van der Waals surface area contributed by atoms with Crippen LogP contribution in [0, 0.1) is 0 Å². The predicted octanol–water partition coefficient (Wildman–Crippen LogP) is 3.77. The van der Waals surface area contributed by atoms with Crippen molar-refractivity contribution < 1.29 is 27.4 Å². The first-order valence-corrected chi connectivity index (χ1v) is 15.6. The molecule has 0 saturated carbocycles. The first-order chi connectivity index (χ1) is 20.4. The van der Waals surface area contributed by atoms with E-state index in [1.165, 1.54) is 6.07 Å². The van der Waals surface area contributed by atoms with Crippen molar-refractivity contribution in [1.29, 1.82) is 0 Å². The predicted molar refractivity (Wildman–Crippen MR) is 158 cm³/mol. The third-order valence-electron chi connectivity index (χ3n) is 7.47. The lowest BCUT2D eigenvalue weighted by atomic mass is 10.1. The van der Waals surface area contributed by atoms with E-state index in [1.807, 2.05) is 30.3 Å². The summed E-state index contributed by atoms with van der Waals surface area (Å²) in [6, 6.07) is 16.6. The Morgan fingerprint density at radius 1 is 1.12 bits per heavy atom. The molecular formula is C31H32N4O6S. The molecule has 0 radical (unpaired) electrons. The van der Waals surface area contributed by atoms with Crippen LogP contribution in [-0.4, -0.2) is 70.1 Å². The molecule has 0 spiro atoms. The highest BCUT2D eigenvalue weighted by Crippen LogP contribution is 2.40. The fraction of sp³-hybridized carbons (Fsp3) is 0.323. The fourth-order valence-electron chi connectivity index (χ4n) is 5.25. The Bertz CT molecular complexity index is 1740. The maximum atomic E-state index is 13.0. The van der Waals surface area contributed by atoms with Gasteiger partial charge in [0.25, 0.3) is 5.91 Å². The van der Waals surface area contributed by atoms with Crippen molar-refractivity contribution in [2.24, 2.45) is 0 Å². The van der Waals surface area contributed by atoms with E-state index in [9.17, 15) is 13.2 Å². The number of hydrogen-bond donors (Lipinski definition) is 1. The summed E-state index contributed by atoms with van der Waals surface area (Å²) in [5.74, 6) is 0.322. The number of fused-ring (bicyclic) bond motifs is 3. The lowest BCUT2D eigenvalue weighted by molar-refractivity contribution is 0.0950. The highest BCUT2D eigenvalue weighted by Gasteiger charge is 2.24. The molecule has 0 unspecified atom stereocenters. The van der Waals surface area contributed by atoms with Crippen molar-refractivity contribution in [3.05, 3.63) is 77.6 Å². The summed E-state index contributed by atoms with van der Waals surface area (Å²) in [4.78, 5) is 24.8. The van der Waals surface area contributed by atoms with E-state index in [0.29, 0.717) is 24.5 Å². The number of sulfone groups is 1. The molecule has 4 heterocycles. The number of para-hydroxylation sites is 1. The van der Waals surface area contributed by atoms with Gasteiger partial charge < -0.3 is 24.4 Å². The average molecular weight is 589 g/mol. The molecule has 6 rings (SSSR count). The summed E-state index contributed by atoms with van der Waals surface area (Å²) in [7, 11) is -1.81. The van der Waals surface area contributed by atoms with Crippen LogP contribution < -0.4 is 15.0 Å². The van der Waals surface area contributed by atoms with Gasteiger partial charge in [-0.2, -0.15) is 0 Å². The molecule has 4 aromatic rings. The van der Waals surface area contributed by atoms with Crippen molar-refractivity contribution in [3.63, 3.8) is 0 Å². The molecule has 0 aliphatic carbocycles. The Kier molecular flexibility index (Phi) is 8.05. The van der Waals surface area contributed by atoms with Crippen molar-refractivity contribution in [3.8, 4) is 17.0 Å². The Balaban J connectivity index is 1.23. The van der Waals surface area contributed by atoms with Crippen LogP contribution in [0.1, 0.15) is 28.0 Å². The molecule has 0 fully saturated rings. The Hall–Kier alpha value is -4.06. The van der Waals surface area contributed by atoms with Crippen molar-refractivity contribution >= 4 is 32.3 Å². The van der Waals surface area contributed by atoms with Crippen LogP contribution in [0.2, 0.25) is 0 Å². The van der Waals surface area contributed by atoms with E-state index in [4.69, 9.17) is 19.2 Å². The molecule has 10 nitrogen and oxygen atoms in total. The molecule has 2 aliphatic rings. The summed E-state index contributed by atoms with van der Waals surface area (Å²) in [6.07, 6.45) is 2.65. The van der Waals surface area contributed by atoms with E-state index in [0.717, 1.165) is 53.1 Å². The largest absolute Gasteiger partial charge is 0.491 e. The number of anilines is 1. The average Bonchev–Trinajstić information content (AvgIpc) is 3.31. The van der Waals surface area contributed by atoms with Gasteiger partial charge in [-0.05, 0) is 54.4 Å². The SMILES string of the molecule is COCCN1CCCOc2c(-c3ccc4cnc(CNC(=O)c5ccc6c(c5)S(=O)(=O)CCOC6)cc4n3)cccc21. The molecule has 1 N–H and O–H groups in total. The number of aromatic nitrogens is 2. The number of methoxy groups -OCH3 is 1. The minimum Gasteiger partial charge on any atom is -0.491 e. The molecule has 218 valence electrons. The molecule has 0 atom stereocenters. The molecule has 2 aliphatic heterocycles. The summed E-state index contributed by atoms with van der Waals surface area (Å²) >= 11 is 0. The number of nitrogens with one attached hydrogen (secondary N) is 1. The van der Waals surface area contributed by atoms with Gasteiger partial charge in [0, 0.05) is 42.9 Å². The molecule has 11 heteroatoms. The molecular weight excluding hydrogens is 556 g/mol. The highest BCUT2D eigenvalue weighted by molar-refractivity contribution is 7.91. The van der Waals surface area contributed by atoms with E-state index < -0.39 is 9.84 Å². The lowest BCUT2D eigenvalue weighted by Crippen LogP contribution is -2.27. The normalized spacial score (nSPS) is 16.1. The monoisotopic (exact) mass is 588 g/mol. The number of rotatable bonds is 7. The number of ether oxygens (including phenoxy) is 3. The van der Waals surface area contributed by atoms with Crippen LogP contribution in [0.4, 0.5) is 5.69 Å². The first kappa shape index (κ1) is 28.1. The number of hydrogen-bond acceptors (Lipinski definition) is 9. The third-order valence-corrected chi connectivity index (χ3v) is 9.23. The number of carbonyl (C=O) groups excluding carboxylic acids is 1. The van der Waals surface area contributed by atoms with Gasteiger partial charge in [0.05, 0.1) is 66.2 Å². The zero-order valence-electron chi connectivity index (χ0n) is 23.3. The number of amides is 1. The number of carbonyl (C=O) groups is 1. The standard InChI is InChI=1S/C31H32N4O6S/c1-39-13-11-35-10-3-12-41-30-25(4-2-5-28(30)35)26-9-8-22-18-32-24(17-27(22)34-26)19-33-31(36)21-6-7-23-20-40-14-15-42(37,38)29(23)16-21/h2,4-9,16-18H,3,10-15,19-20H2,1H3,(H,33,36). The van der Waals surface area contributed by atoms with Gasteiger partial charge in [-0.15, -0.1) is 0 Å². The topological polar surface area (TPSA) is 120 Å². The molecule has 2 aromatic heterocycles. The third kappa shape index (κ3) is 5.80. The van der Waals surface area contributed by atoms with E-state index >= 15 is 0 Å². The van der Waals surface area contributed by atoms with Crippen LogP contribution in [0.3, 0.4) is 0 Å². The van der Waals surface area contributed by atoms with Crippen LogP contribution >= 0.6 is 0 Å². The van der Waals surface area contributed by atoms with Crippen molar-refractivity contribution in [2.45, 2.75) is 24.5 Å². The second-order valence-corrected chi connectivity index (χ2v) is 12.4. The summed E-state index contributed by atoms with van der Waals surface area (Å²) < 4.78 is 42.1. The smallest absolute Gasteiger partial charge is 0.251 e. The van der Waals surface area contributed by atoms with Gasteiger partial charge in [0.15, 0.2) is 15.6 Å². The van der Waals surface area contributed by atoms with Gasteiger partial charge in [0.2, 0.25) is 0 Å². The number of benzene rings is 2. The van der Waals surface area contributed by atoms with E-state index in [2.05, 4.69) is 21.3 Å². The Morgan fingerprint density at radius 2 is 2.02 bits per heavy atom. The van der Waals surface area contributed by atoms with Gasteiger partial charge in [-0.3, -0.25) is 9.78 Å². The minimum absolute atomic E-state index is 0.106. The molecule has 0 saturated heterocycles. The molecule has 42 heavy (non-hydrogen) atoms. The Labute approximate surface area is 244 Å². The minimum atomic E-state index is -3.51. The fourth-order valence-corrected chi connectivity index (χ4v) is 6.64. The van der Waals surface area contributed by atoms with Crippen molar-refractivity contribution in [2.75, 3.05) is 50.7 Å². The van der Waals surface area contributed by atoms with Crippen LogP contribution in [0.5, 0.6) is 5.75 Å². The van der Waals surface area contributed by atoms with Gasteiger partial charge in [-0.25, -0.2) is 13.4 Å². The summed E-state index contributed by atoms with van der Waals surface area (Å²) in [5.41, 5.74) is 4.92. The van der Waals surface area contributed by atoms with Gasteiger partial charge in [0.1, 0.15) is 0 Å². The zero-order valence-corrected chi connectivity index (χ0v) is 24.2. The molecule has 1 amide bonds.